The Balaban J connectivity index is 1.52. The molecule has 0 heterocycles. The van der Waals surface area contributed by atoms with Gasteiger partial charge in [-0.3, -0.25) is 0 Å². The lowest BCUT2D eigenvalue weighted by molar-refractivity contribution is -0.244. The molecule has 0 saturated heterocycles. The normalized spacial score (nSPS) is 19.4. The van der Waals surface area contributed by atoms with Crippen LogP contribution in [0.1, 0.15) is 73.6 Å². The zero-order valence-corrected chi connectivity index (χ0v) is 19.5. The minimum Gasteiger partial charge on any atom is -0.315 e. The Morgan fingerprint density at radius 3 is 2.03 bits per heavy atom. The van der Waals surface area contributed by atoms with Gasteiger partial charge in [-0.15, -0.1) is 0 Å². The van der Waals surface area contributed by atoms with Gasteiger partial charge in [-0.05, 0) is 86.1 Å². The fraction of sp³-hybridized carbons (Fsp3) is 0.481. The van der Waals surface area contributed by atoms with Gasteiger partial charge in [0.15, 0.2) is 0 Å². The van der Waals surface area contributed by atoms with Crippen molar-refractivity contribution >= 4 is 0 Å². The number of ether oxygens (including phenoxy) is 1. The van der Waals surface area contributed by atoms with Gasteiger partial charge >= 0.3 is 12.3 Å². The summed E-state index contributed by atoms with van der Waals surface area (Å²) in [4.78, 5) is 0. The van der Waals surface area contributed by atoms with Crippen LogP contribution in [0.5, 0.6) is 0 Å². The molecule has 0 aliphatic heterocycles. The summed E-state index contributed by atoms with van der Waals surface area (Å²) < 4.78 is 98.4. The van der Waals surface area contributed by atoms with Crippen LogP contribution in [0.25, 0.3) is 0 Å². The number of hydrogen-bond acceptors (Lipinski definition) is 1. The van der Waals surface area contributed by atoms with Crippen molar-refractivity contribution in [3.63, 3.8) is 0 Å². The first kappa shape index (κ1) is 27.2. The van der Waals surface area contributed by atoms with Gasteiger partial charge in [0.05, 0.1) is 13.0 Å². The summed E-state index contributed by atoms with van der Waals surface area (Å²) in [6.07, 6.45) is 0.761. The predicted molar refractivity (Wildman–Crippen MR) is 120 cm³/mol. The average Bonchev–Trinajstić information content (AvgIpc) is 2.77. The van der Waals surface area contributed by atoms with Crippen molar-refractivity contribution in [1.29, 1.82) is 0 Å². The van der Waals surface area contributed by atoms with Gasteiger partial charge in [-0.2, -0.15) is 22.0 Å². The van der Waals surface area contributed by atoms with E-state index in [0.29, 0.717) is 11.5 Å². The fourth-order valence-corrected chi connectivity index (χ4v) is 4.65. The Labute approximate surface area is 201 Å². The Morgan fingerprint density at radius 1 is 0.886 bits per heavy atom. The molecule has 2 aromatic carbocycles. The van der Waals surface area contributed by atoms with E-state index in [1.807, 2.05) is 19.1 Å². The minimum absolute atomic E-state index is 0.257. The Kier molecular flexibility index (Phi) is 9.02. The summed E-state index contributed by atoms with van der Waals surface area (Å²) in [6, 6.07) is 7.74. The van der Waals surface area contributed by atoms with Crippen molar-refractivity contribution < 1.29 is 35.5 Å². The summed E-state index contributed by atoms with van der Waals surface area (Å²) in [5.41, 5.74) is -1.08. The Morgan fingerprint density at radius 2 is 1.49 bits per heavy atom. The van der Waals surface area contributed by atoms with E-state index in [-0.39, 0.29) is 12.1 Å². The van der Waals surface area contributed by atoms with Crippen molar-refractivity contribution in [2.75, 3.05) is 0 Å². The number of benzene rings is 2. The highest BCUT2D eigenvalue weighted by molar-refractivity contribution is 5.29. The zero-order valence-electron chi connectivity index (χ0n) is 19.5. The highest BCUT2D eigenvalue weighted by Gasteiger charge is 2.39. The van der Waals surface area contributed by atoms with E-state index >= 15 is 0 Å². The van der Waals surface area contributed by atoms with Crippen LogP contribution < -0.4 is 0 Å². The van der Waals surface area contributed by atoms with Crippen LogP contribution in [0.2, 0.25) is 0 Å². The van der Waals surface area contributed by atoms with Crippen molar-refractivity contribution in [1.82, 2.24) is 0 Å². The van der Waals surface area contributed by atoms with Crippen LogP contribution in [0.4, 0.5) is 30.7 Å². The van der Waals surface area contributed by atoms with Gasteiger partial charge < -0.3 is 4.74 Å². The third kappa shape index (κ3) is 7.82. The number of alkyl halides is 5. The quantitative estimate of drug-likeness (QED) is 0.246. The van der Waals surface area contributed by atoms with Crippen LogP contribution in [0, 0.1) is 17.6 Å². The molecule has 0 unspecified atom stereocenters. The molecule has 0 atom stereocenters. The molecule has 1 aliphatic carbocycles. The summed E-state index contributed by atoms with van der Waals surface area (Å²) in [5, 5.41) is 0. The lowest BCUT2D eigenvalue weighted by atomic mass is 9.77. The van der Waals surface area contributed by atoms with E-state index in [0.717, 1.165) is 30.7 Å². The molecule has 0 aromatic heterocycles. The highest BCUT2D eigenvalue weighted by atomic mass is 19.4. The van der Waals surface area contributed by atoms with Crippen molar-refractivity contribution in [2.45, 2.75) is 76.7 Å². The monoisotopic (exact) mass is 502 g/mol. The van der Waals surface area contributed by atoms with E-state index in [4.69, 9.17) is 0 Å². The van der Waals surface area contributed by atoms with E-state index in [2.05, 4.69) is 16.9 Å². The molecule has 2 aromatic rings. The largest absolute Gasteiger partial charge is 0.422 e. The van der Waals surface area contributed by atoms with Crippen LogP contribution in [0.15, 0.2) is 48.6 Å². The predicted octanol–water partition coefficient (Wildman–Crippen LogP) is 8.97. The maximum atomic E-state index is 14.2. The summed E-state index contributed by atoms with van der Waals surface area (Å²) in [5.74, 6) is -2.70. The average molecular weight is 503 g/mol. The molecule has 8 heteroatoms. The van der Waals surface area contributed by atoms with E-state index < -0.39 is 48.1 Å². The second kappa shape index (κ2) is 11.6. The first-order valence-electron chi connectivity index (χ1n) is 11.8. The standard InChI is InChI=1S/C27H29F7O/c1-2-3-4-5-18-6-10-21(11-7-18)22-12-8-19(9-13-22)17-35-26(30,31)16-20-14-23(28)25(24(29)15-20)27(32,33)34/h2-3,8-9,12-15,18,21H,4-7,10-11,16-17H2,1H3/b3-2+. The number of allylic oxidation sites excluding steroid dienone is 2. The van der Waals surface area contributed by atoms with Crippen LogP contribution in [-0.2, 0) is 23.9 Å². The molecule has 1 nitrogen and oxygen atoms in total. The lowest BCUT2D eigenvalue weighted by Gasteiger charge is -2.28. The first-order chi connectivity index (χ1) is 16.5. The maximum absolute atomic E-state index is 14.2. The van der Waals surface area contributed by atoms with Crippen LogP contribution >= 0.6 is 0 Å². The van der Waals surface area contributed by atoms with E-state index in [1.54, 1.807) is 12.1 Å². The molecule has 0 radical (unpaired) electrons. The second-order valence-corrected chi connectivity index (χ2v) is 9.14. The lowest BCUT2D eigenvalue weighted by Crippen LogP contribution is -2.24. The van der Waals surface area contributed by atoms with Gasteiger partial charge in [-0.25, -0.2) is 8.78 Å². The fourth-order valence-electron chi connectivity index (χ4n) is 4.65. The topological polar surface area (TPSA) is 9.23 Å². The molecule has 0 N–H and O–H groups in total. The van der Waals surface area contributed by atoms with Gasteiger partial charge in [0.2, 0.25) is 0 Å². The molecule has 1 saturated carbocycles. The highest BCUT2D eigenvalue weighted by Crippen LogP contribution is 2.38. The van der Waals surface area contributed by atoms with Gasteiger partial charge in [0.1, 0.15) is 17.2 Å². The number of halogens is 7. The molecule has 0 bridgehead atoms. The van der Waals surface area contributed by atoms with Crippen molar-refractivity contribution in [3.05, 3.63) is 82.4 Å². The molecular weight excluding hydrogens is 473 g/mol. The SMILES string of the molecule is C/C=C/CCC1CCC(c2ccc(COC(F)(F)Cc3cc(F)c(C(F)(F)F)c(F)c3)cc2)CC1. The summed E-state index contributed by atoms with van der Waals surface area (Å²) in [6.45, 7) is 1.57. The van der Waals surface area contributed by atoms with Gasteiger partial charge in [-0.1, -0.05) is 36.4 Å². The molecule has 0 amide bonds. The third-order valence-electron chi connectivity index (χ3n) is 6.52. The second-order valence-electron chi connectivity index (χ2n) is 9.14. The number of hydrogen-bond donors (Lipinski definition) is 0. The van der Waals surface area contributed by atoms with Crippen molar-refractivity contribution in [2.24, 2.45) is 5.92 Å². The van der Waals surface area contributed by atoms with Gasteiger partial charge in [0.25, 0.3) is 0 Å². The van der Waals surface area contributed by atoms with E-state index in [9.17, 15) is 30.7 Å². The molecule has 3 rings (SSSR count). The zero-order chi connectivity index (χ0) is 25.6. The molecule has 35 heavy (non-hydrogen) atoms. The summed E-state index contributed by atoms with van der Waals surface area (Å²) in [7, 11) is 0. The van der Waals surface area contributed by atoms with Crippen LogP contribution in [0.3, 0.4) is 0 Å². The van der Waals surface area contributed by atoms with Crippen molar-refractivity contribution in [3.8, 4) is 0 Å². The Bertz CT molecular complexity index is 965. The molecule has 1 fully saturated rings. The molecule has 192 valence electrons. The first-order valence-corrected chi connectivity index (χ1v) is 11.8. The number of rotatable bonds is 9. The van der Waals surface area contributed by atoms with Gasteiger partial charge in [0, 0.05) is 0 Å². The Hall–Kier alpha value is -2.35. The summed E-state index contributed by atoms with van der Waals surface area (Å²) >= 11 is 0. The third-order valence-corrected chi connectivity index (χ3v) is 6.52. The van der Waals surface area contributed by atoms with E-state index in [1.165, 1.54) is 19.3 Å². The molecule has 1 aliphatic rings. The maximum Gasteiger partial charge on any atom is 0.422 e. The smallest absolute Gasteiger partial charge is 0.315 e. The van der Waals surface area contributed by atoms with Crippen LogP contribution in [-0.4, -0.2) is 6.11 Å². The minimum atomic E-state index is -5.26. The molecule has 0 spiro atoms. The molecular formula is C27H29F7O.